The first-order valence-electron chi connectivity index (χ1n) is 10.3. The number of carbonyl (C=O) groups is 1. The van der Waals surface area contributed by atoms with Crippen molar-refractivity contribution in [2.24, 2.45) is 0 Å². The number of amides is 1. The van der Waals surface area contributed by atoms with Gasteiger partial charge in [0.25, 0.3) is 5.91 Å². The zero-order valence-corrected chi connectivity index (χ0v) is 18.7. The van der Waals surface area contributed by atoms with Crippen LogP contribution in [0.15, 0.2) is 78.0 Å². The summed E-state index contributed by atoms with van der Waals surface area (Å²) in [6, 6.07) is 18.3. The fourth-order valence-electron chi connectivity index (χ4n) is 4.24. The summed E-state index contributed by atoms with van der Waals surface area (Å²) in [4.78, 5) is 18.3. The monoisotopic (exact) mass is 462 g/mol. The van der Waals surface area contributed by atoms with Crippen LogP contribution in [-0.2, 0) is 4.79 Å². The molecule has 4 aromatic rings. The van der Waals surface area contributed by atoms with Crippen molar-refractivity contribution in [3.63, 3.8) is 0 Å². The predicted molar refractivity (Wildman–Crippen MR) is 127 cm³/mol. The van der Waals surface area contributed by atoms with E-state index in [1.807, 2.05) is 34.9 Å². The van der Waals surface area contributed by atoms with E-state index in [2.05, 4.69) is 15.6 Å². The summed E-state index contributed by atoms with van der Waals surface area (Å²) in [5.41, 5.74) is 3.05. The molecule has 1 amide bonds. The minimum absolute atomic E-state index is 0.203. The van der Waals surface area contributed by atoms with Crippen LogP contribution < -0.4 is 15.4 Å². The number of nitrogens with zero attached hydrogens (tertiary/aromatic N) is 2. The standard InChI is InChI=1S/C25H20ClFN4O2/c1-14-21(24(32)29-18-11-4-6-13-20(18)33-2)23(22-15(26)8-7-9-16(22)27)31-19-12-5-3-10-17(19)30-25(31)28-14/h3-13,23H,1-2H3,(H,28,30)(H,29,32)/t23-/m0/s1. The third-order valence-electron chi connectivity index (χ3n) is 5.70. The number of para-hydroxylation sites is 4. The van der Waals surface area contributed by atoms with Crippen molar-refractivity contribution in [1.82, 2.24) is 9.55 Å². The summed E-state index contributed by atoms with van der Waals surface area (Å²) in [7, 11) is 1.53. The van der Waals surface area contributed by atoms with Crippen LogP contribution in [0.1, 0.15) is 18.5 Å². The molecule has 0 radical (unpaired) electrons. The zero-order chi connectivity index (χ0) is 23.1. The molecule has 0 aliphatic carbocycles. The molecule has 1 atom stereocenters. The number of allylic oxidation sites excluding steroid dienone is 1. The lowest BCUT2D eigenvalue weighted by atomic mass is 9.93. The van der Waals surface area contributed by atoms with E-state index >= 15 is 4.39 Å². The number of rotatable bonds is 4. The van der Waals surface area contributed by atoms with Crippen LogP contribution >= 0.6 is 11.6 Å². The fourth-order valence-corrected chi connectivity index (χ4v) is 4.51. The summed E-state index contributed by atoms with van der Waals surface area (Å²) in [5.74, 6) is 0.111. The molecule has 6 nitrogen and oxygen atoms in total. The van der Waals surface area contributed by atoms with Crippen LogP contribution in [0.25, 0.3) is 11.0 Å². The number of nitrogens with one attached hydrogen (secondary N) is 2. The summed E-state index contributed by atoms with van der Waals surface area (Å²) >= 11 is 6.50. The van der Waals surface area contributed by atoms with Crippen molar-refractivity contribution in [1.29, 1.82) is 0 Å². The van der Waals surface area contributed by atoms with Gasteiger partial charge in [-0.2, -0.15) is 0 Å². The van der Waals surface area contributed by atoms with Gasteiger partial charge in [0, 0.05) is 16.3 Å². The number of halogens is 2. The molecule has 1 aliphatic heterocycles. The van der Waals surface area contributed by atoms with Crippen LogP contribution in [-0.4, -0.2) is 22.6 Å². The van der Waals surface area contributed by atoms with E-state index < -0.39 is 17.8 Å². The highest BCUT2D eigenvalue weighted by Crippen LogP contribution is 2.42. The maximum absolute atomic E-state index is 15.2. The molecule has 0 fully saturated rings. The first-order chi connectivity index (χ1) is 16.0. The van der Waals surface area contributed by atoms with Crippen LogP contribution in [0.5, 0.6) is 5.75 Å². The topological polar surface area (TPSA) is 68.2 Å². The van der Waals surface area contributed by atoms with Gasteiger partial charge in [0.15, 0.2) is 0 Å². The van der Waals surface area contributed by atoms with Crippen molar-refractivity contribution in [3.8, 4) is 5.75 Å². The molecule has 8 heteroatoms. The molecule has 0 unspecified atom stereocenters. The number of methoxy groups -OCH3 is 1. The molecule has 0 spiro atoms. The van der Waals surface area contributed by atoms with E-state index in [0.717, 1.165) is 11.0 Å². The summed E-state index contributed by atoms with van der Waals surface area (Å²) in [5, 5.41) is 6.34. The highest BCUT2D eigenvalue weighted by atomic mass is 35.5. The van der Waals surface area contributed by atoms with Crippen molar-refractivity contribution < 1.29 is 13.9 Å². The van der Waals surface area contributed by atoms with Gasteiger partial charge >= 0.3 is 0 Å². The Bertz CT molecular complexity index is 1410. The second-order valence-corrected chi connectivity index (χ2v) is 8.06. The lowest BCUT2D eigenvalue weighted by molar-refractivity contribution is -0.113. The minimum Gasteiger partial charge on any atom is -0.495 e. The highest BCUT2D eigenvalue weighted by molar-refractivity contribution is 6.31. The number of imidazole rings is 1. The van der Waals surface area contributed by atoms with Crippen LogP contribution in [0.2, 0.25) is 5.02 Å². The Morgan fingerprint density at radius 3 is 2.67 bits per heavy atom. The van der Waals surface area contributed by atoms with E-state index in [9.17, 15) is 4.79 Å². The number of anilines is 2. The first-order valence-corrected chi connectivity index (χ1v) is 10.7. The largest absolute Gasteiger partial charge is 0.495 e. The summed E-state index contributed by atoms with van der Waals surface area (Å²) < 4.78 is 22.4. The van der Waals surface area contributed by atoms with E-state index in [4.69, 9.17) is 16.3 Å². The Morgan fingerprint density at radius 2 is 1.88 bits per heavy atom. The van der Waals surface area contributed by atoms with Gasteiger partial charge in [-0.15, -0.1) is 0 Å². The Kier molecular flexibility index (Phi) is 5.26. The average Bonchev–Trinajstić information content (AvgIpc) is 3.17. The van der Waals surface area contributed by atoms with E-state index in [1.54, 1.807) is 37.3 Å². The molecule has 1 aromatic heterocycles. The molecule has 33 heavy (non-hydrogen) atoms. The Hall–Kier alpha value is -3.84. The molecule has 2 N–H and O–H groups in total. The van der Waals surface area contributed by atoms with Gasteiger partial charge in [-0.05, 0) is 43.3 Å². The summed E-state index contributed by atoms with van der Waals surface area (Å²) in [6.45, 7) is 1.77. The SMILES string of the molecule is COc1ccccc1NC(=O)C1=C(C)Nc2nc3ccccc3n2[C@@H]1c1c(F)cccc1Cl. The van der Waals surface area contributed by atoms with Gasteiger partial charge < -0.3 is 15.4 Å². The second-order valence-electron chi connectivity index (χ2n) is 7.65. The molecular weight excluding hydrogens is 443 g/mol. The van der Waals surface area contributed by atoms with Crippen LogP contribution in [0, 0.1) is 5.82 Å². The lowest BCUT2D eigenvalue weighted by Crippen LogP contribution is -2.31. The average molecular weight is 463 g/mol. The number of carbonyl (C=O) groups excluding carboxylic acids is 1. The molecule has 1 aliphatic rings. The Morgan fingerprint density at radius 1 is 1.12 bits per heavy atom. The third kappa shape index (κ3) is 3.50. The molecule has 5 rings (SSSR count). The zero-order valence-electron chi connectivity index (χ0n) is 17.9. The number of hydrogen-bond donors (Lipinski definition) is 2. The number of hydrogen-bond acceptors (Lipinski definition) is 4. The van der Waals surface area contributed by atoms with Crippen LogP contribution in [0.4, 0.5) is 16.0 Å². The second kappa shape index (κ2) is 8.26. The van der Waals surface area contributed by atoms with Gasteiger partial charge in [-0.3, -0.25) is 9.36 Å². The predicted octanol–water partition coefficient (Wildman–Crippen LogP) is 5.77. The van der Waals surface area contributed by atoms with Gasteiger partial charge in [0.05, 0.1) is 35.4 Å². The van der Waals surface area contributed by atoms with E-state index in [1.165, 1.54) is 13.2 Å². The summed E-state index contributed by atoms with van der Waals surface area (Å²) in [6.07, 6.45) is 0. The number of fused-ring (bicyclic) bond motifs is 3. The van der Waals surface area contributed by atoms with Crippen molar-refractivity contribution >= 4 is 40.2 Å². The minimum atomic E-state index is -0.836. The van der Waals surface area contributed by atoms with Gasteiger partial charge in [-0.1, -0.05) is 41.9 Å². The molecule has 0 saturated heterocycles. The van der Waals surface area contributed by atoms with Crippen molar-refractivity contribution in [3.05, 3.63) is 94.4 Å². The molecule has 3 aromatic carbocycles. The number of aromatic nitrogens is 2. The van der Waals surface area contributed by atoms with E-state index in [-0.39, 0.29) is 10.6 Å². The van der Waals surface area contributed by atoms with Gasteiger partial charge in [-0.25, -0.2) is 9.37 Å². The van der Waals surface area contributed by atoms with Crippen molar-refractivity contribution in [2.75, 3.05) is 17.7 Å². The fraction of sp³-hybridized carbons (Fsp3) is 0.120. The smallest absolute Gasteiger partial charge is 0.255 e. The molecule has 0 saturated carbocycles. The number of benzene rings is 3. The maximum Gasteiger partial charge on any atom is 0.255 e. The molecule has 0 bridgehead atoms. The van der Waals surface area contributed by atoms with Crippen molar-refractivity contribution in [2.45, 2.75) is 13.0 Å². The quantitative estimate of drug-likeness (QED) is 0.404. The normalized spacial score (nSPS) is 15.2. The van der Waals surface area contributed by atoms with E-state index in [0.29, 0.717) is 28.7 Å². The molecule has 2 heterocycles. The number of ether oxygens (including phenoxy) is 1. The maximum atomic E-state index is 15.2. The highest BCUT2D eigenvalue weighted by Gasteiger charge is 2.37. The molecular formula is C25H20ClFN4O2. The molecule has 166 valence electrons. The lowest BCUT2D eigenvalue weighted by Gasteiger charge is -2.31. The van der Waals surface area contributed by atoms with Gasteiger partial charge in [0.1, 0.15) is 11.6 Å². The van der Waals surface area contributed by atoms with Crippen LogP contribution in [0.3, 0.4) is 0 Å². The Balaban J connectivity index is 1.71. The van der Waals surface area contributed by atoms with Gasteiger partial charge in [0.2, 0.25) is 5.95 Å². The third-order valence-corrected chi connectivity index (χ3v) is 6.03. The Labute approximate surface area is 194 Å². The first kappa shape index (κ1) is 21.0.